The summed E-state index contributed by atoms with van der Waals surface area (Å²) in [6.07, 6.45) is 4.09. The van der Waals surface area contributed by atoms with Crippen LogP contribution >= 0.6 is 11.8 Å². The van der Waals surface area contributed by atoms with Crippen molar-refractivity contribution in [2.75, 3.05) is 31.3 Å². The summed E-state index contributed by atoms with van der Waals surface area (Å²) in [6, 6.07) is -0.134. The molecule has 0 aromatic carbocycles. The third-order valence-electron chi connectivity index (χ3n) is 4.45. The number of anilines is 1. The van der Waals surface area contributed by atoms with Gasteiger partial charge in [0.05, 0.1) is 12.6 Å². The van der Waals surface area contributed by atoms with Crippen molar-refractivity contribution >= 4 is 29.7 Å². The Kier molecular flexibility index (Phi) is 5.01. The second-order valence-corrected chi connectivity index (χ2v) is 8.32. The van der Waals surface area contributed by atoms with E-state index < -0.39 is 5.60 Å². The van der Waals surface area contributed by atoms with E-state index in [9.17, 15) is 9.59 Å². The first kappa shape index (κ1) is 18.8. The Balaban J connectivity index is 1.72. The molecule has 142 valence electrons. The van der Waals surface area contributed by atoms with Crippen LogP contribution in [0.5, 0.6) is 0 Å². The summed E-state index contributed by atoms with van der Waals surface area (Å²) >= 11 is 1.45. The van der Waals surface area contributed by atoms with Gasteiger partial charge in [-0.1, -0.05) is 11.8 Å². The van der Waals surface area contributed by atoms with Gasteiger partial charge >= 0.3 is 12.1 Å². The molecule has 0 radical (unpaired) electrons. The number of hydrogen-bond acceptors (Lipinski definition) is 6. The highest BCUT2D eigenvalue weighted by atomic mass is 32.2. The summed E-state index contributed by atoms with van der Waals surface area (Å²) in [5, 5.41) is 0.647. The summed E-state index contributed by atoms with van der Waals surface area (Å²) < 4.78 is 5.44. The molecular formula is C17H25N5O3S. The van der Waals surface area contributed by atoms with E-state index in [2.05, 4.69) is 9.97 Å². The molecule has 3 amide bonds. The van der Waals surface area contributed by atoms with Gasteiger partial charge < -0.3 is 14.5 Å². The van der Waals surface area contributed by atoms with Crippen LogP contribution in [-0.4, -0.2) is 69.9 Å². The predicted molar refractivity (Wildman–Crippen MR) is 99.4 cm³/mol. The Bertz CT molecular complexity index is 721. The summed E-state index contributed by atoms with van der Waals surface area (Å²) in [5.41, 5.74) is 0.391. The Morgan fingerprint density at radius 2 is 2.12 bits per heavy atom. The van der Waals surface area contributed by atoms with Crippen LogP contribution in [0.15, 0.2) is 11.4 Å². The van der Waals surface area contributed by atoms with E-state index in [4.69, 9.17) is 4.74 Å². The molecule has 9 heteroatoms. The molecule has 1 aromatic heterocycles. The molecule has 0 bridgehead atoms. The number of hydrogen-bond donors (Lipinski definition) is 0. The summed E-state index contributed by atoms with van der Waals surface area (Å²) in [5.74, 6) is 0.660. The average molecular weight is 379 g/mol. The number of fused-ring (bicyclic) bond motifs is 1. The molecule has 3 heterocycles. The normalized spacial score (nSPS) is 20.4. The minimum atomic E-state index is -0.526. The highest BCUT2D eigenvalue weighted by Crippen LogP contribution is 2.30. The molecule has 1 saturated heterocycles. The predicted octanol–water partition coefficient (Wildman–Crippen LogP) is 2.58. The van der Waals surface area contributed by atoms with Gasteiger partial charge in [-0.2, -0.15) is 0 Å². The summed E-state index contributed by atoms with van der Waals surface area (Å²) in [7, 11) is 1.73. The molecule has 0 saturated carbocycles. The molecule has 1 atom stereocenters. The van der Waals surface area contributed by atoms with Gasteiger partial charge in [-0.25, -0.2) is 19.6 Å². The van der Waals surface area contributed by atoms with Gasteiger partial charge in [0, 0.05) is 31.9 Å². The second kappa shape index (κ2) is 6.94. The lowest BCUT2D eigenvalue weighted by Crippen LogP contribution is -2.51. The first-order chi connectivity index (χ1) is 12.2. The molecule has 26 heavy (non-hydrogen) atoms. The van der Waals surface area contributed by atoms with Crippen molar-refractivity contribution in [1.29, 1.82) is 0 Å². The molecular weight excluding hydrogens is 354 g/mol. The number of nitrogens with zero attached hydrogens (tertiary/aromatic N) is 5. The zero-order chi connectivity index (χ0) is 19.1. The summed E-state index contributed by atoms with van der Waals surface area (Å²) in [4.78, 5) is 38.9. The number of urea groups is 1. The number of carbonyl (C=O) groups is 2. The Hall–Kier alpha value is -2.03. The van der Waals surface area contributed by atoms with Crippen molar-refractivity contribution in [2.45, 2.75) is 50.5 Å². The molecule has 1 fully saturated rings. The van der Waals surface area contributed by atoms with Gasteiger partial charge in [0.1, 0.15) is 11.4 Å². The zero-order valence-electron chi connectivity index (χ0n) is 15.9. The number of thioether (sulfide) groups is 1. The topological polar surface area (TPSA) is 78.9 Å². The smallest absolute Gasteiger partial charge is 0.410 e. The Morgan fingerprint density at radius 3 is 2.77 bits per heavy atom. The number of aromatic nitrogens is 2. The van der Waals surface area contributed by atoms with Crippen molar-refractivity contribution < 1.29 is 14.3 Å². The van der Waals surface area contributed by atoms with Gasteiger partial charge in [-0.15, -0.1) is 0 Å². The van der Waals surface area contributed by atoms with Gasteiger partial charge in [0.2, 0.25) is 0 Å². The molecule has 0 spiro atoms. The van der Waals surface area contributed by atoms with E-state index in [1.165, 1.54) is 11.8 Å². The molecule has 0 N–H and O–H groups in total. The first-order valence-corrected chi connectivity index (χ1v) is 9.84. The maximum atomic E-state index is 12.8. The van der Waals surface area contributed by atoms with Gasteiger partial charge in [0.25, 0.3) is 0 Å². The molecule has 0 aliphatic carbocycles. The highest BCUT2D eigenvalue weighted by molar-refractivity contribution is 7.98. The van der Waals surface area contributed by atoms with Crippen LogP contribution in [0, 0.1) is 0 Å². The number of ether oxygens (including phenoxy) is 1. The number of rotatable bonds is 2. The average Bonchev–Trinajstić information content (AvgIpc) is 3.06. The lowest BCUT2D eigenvalue weighted by atomic mass is 10.1. The van der Waals surface area contributed by atoms with Crippen molar-refractivity contribution in [2.24, 2.45) is 0 Å². The van der Waals surface area contributed by atoms with E-state index in [0.29, 0.717) is 30.6 Å². The summed E-state index contributed by atoms with van der Waals surface area (Å²) in [6.45, 7) is 7.07. The first-order valence-electron chi connectivity index (χ1n) is 8.62. The minimum Gasteiger partial charge on any atom is -0.444 e. The van der Waals surface area contributed by atoms with E-state index in [-0.39, 0.29) is 18.2 Å². The van der Waals surface area contributed by atoms with Crippen molar-refractivity contribution in [3.63, 3.8) is 0 Å². The molecule has 2 aliphatic rings. The molecule has 8 nitrogen and oxygen atoms in total. The van der Waals surface area contributed by atoms with Crippen LogP contribution in [0.3, 0.4) is 0 Å². The Morgan fingerprint density at radius 1 is 1.38 bits per heavy atom. The van der Waals surface area contributed by atoms with Crippen LogP contribution in [0.4, 0.5) is 15.4 Å². The van der Waals surface area contributed by atoms with E-state index in [0.717, 1.165) is 12.0 Å². The van der Waals surface area contributed by atoms with Crippen molar-refractivity contribution in [3.05, 3.63) is 11.8 Å². The van der Waals surface area contributed by atoms with Crippen molar-refractivity contribution in [1.82, 2.24) is 19.8 Å². The minimum absolute atomic E-state index is 0.0363. The van der Waals surface area contributed by atoms with E-state index in [1.807, 2.05) is 27.0 Å². The number of likely N-dealkylation sites (tertiary alicyclic amines) is 1. The SMILES string of the molecule is CSc1ncc2c(n1)N(C)C(=O)N(C1CCN(C(=O)OC(C)(C)C)C1)C2. The third kappa shape index (κ3) is 3.72. The van der Waals surface area contributed by atoms with Gasteiger partial charge in [-0.3, -0.25) is 4.90 Å². The van der Waals surface area contributed by atoms with Crippen LogP contribution in [0.25, 0.3) is 0 Å². The van der Waals surface area contributed by atoms with Crippen LogP contribution in [-0.2, 0) is 11.3 Å². The molecule has 3 rings (SSSR count). The Labute approximate surface area is 157 Å². The quantitative estimate of drug-likeness (QED) is 0.580. The maximum Gasteiger partial charge on any atom is 0.410 e. The highest BCUT2D eigenvalue weighted by Gasteiger charge is 2.39. The maximum absolute atomic E-state index is 12.8. The fourth-order valence-electron chi connectivity index (χ4n) is 3.19. The lowest BCUT2D eigenvalue weighted by molar-refractivity contribution is 0.0282. The molecule has 1 unspecified atom stereocenters. The van der Waals surface area contributed by atoms with E-state index in [1.54, 1.807) is 27.9 Å². The monoisotopic (exact) mass is 379 g/mol. The third-order valence-corrected chi connectivity index (χ3v) is 5.01. The van der Waals surface area contributed by atoms with Crippen LogP contribution < -0.4 is 4.90 Å². The van der Waals surface area contributed by atoms with Gasteiger partial charge in [-0.05, 0) is 33.4 Å². The standard InChI is InChI=1S/C17H25N5O3S/c1-17(2,3)25-16(24)21-7-6-12(10-21)22-9-11-8-18-14(26-5)19-13(11)20(4)15(22)23/h8,12H,6-7,9-10H2,1-5H3. The number of amides is 3. The zero-order valence-corrected chi connectivity index (χ0v) is 16.7. The largest absolute Gasteiger partial charge is 0.444 e. The lowest BCUT2D eigenvalue weighted by Gasteiger charge is -2.37. The van der Waals surface area contributed by atoms with Crippen LogP contribution in [0.2, 0.25) is 0 Å². The van der Waals surface area contributed by atoms with Crippen molar-refractivity contribution in [3.8, 4) is 0 Å². The molecule has 2 aliphatic heterocycles. The molecule has 1 aromatic rings. The fourth-order valence-corrected chi connectivity index (χ4v) is 3.53. The van der Waals surface area contributed by atoms with E-state index >= 15 is 0 Å². The van der Waals surface area contributed by atoms with Crippen LogP contribution in [0.1, 0.15) is 32.8 Å². The second-order valence-electron chi connectivity index (χ2n) is 7.54. The number of carbonyl (C=O) groups excluding carboxylic acids is 2. The fraction of sp³-hybridized carbons (Fsp3) is 0.647. The van der Waals surface area contributed by atoms with Gasteiger partial charge in [0.15, 0.2) is 5.16 Å².